The predicted octanol–water partition coefficient (Wildman–Crippen LogP) is -4.33. The van der Waals surface area contributed by atoms with Gasteiger partial charge in [-0.25, -0.2) is 4.79 Å². The first kappa shape index (κ1) is 38.5. The number of aliphatic hydroxyl groups excluding tert-OH is 1. The summed E-state index contributed by atoms with van der Waals surface area (Å²) in [7, 11) is 0. The molecule has 5 atom stereocenters. The molecule has 45 heavy (non-hydrogen) atoms. The van der Waals surface area contributed by atoms with Gasteiger partial charge in [0.15, 0.2) is 5.96 Å². The molecule has 2 aliphatic heterocycles. The predicted molar refractivity (Wildman–Crippen MR) is 158 cm³/mol. The van der Waals surface area contributed by atoms with Gasteiger partial charge in [0.25, 0.3) is 5.97 Å². The van der Waals surface area contributed by atoms with E-state index in [0.29, 0.717) is 25.8 Å². The van der Waals surface area contributed by atoms with E-state index in [0.717, 1.165) is 13.3 Å². The zero-order chi connectivity index (χ0) is 34.1. The number of likely N-dealkylation sites (tertiary alicyclic amines) is 1. The second kappa shape index (κ2) is 19.7. The lowest BCUT2D eigenvalue weighted by atomic mass is 9.99. The van der Waals surface area contributed by atoms with Crippen molar-refractivity contribution in [3.8, 4) is 0 Å². The lowest BCUT2D eigenvalue weighted by Crippen LogP contribution is -2.61. The molecule has 0 spiro atoms. The van der Waals surface area contributed by atoms with Gasteiger partial charge in [0.2, 0.25) is 29.5 Å². The largest absolute Gasteiger partial charge is 0.481 e. The van der Waals surface area contributed by atoms with E-state index < -0.39 is 84.7 Å². The van der Waals surface area contributed by atoms with E-state index in [1.165, 1.54) is 4.90 Å². The van der Waals surface area contributed by atoms with Gasteiger partial charge in [-0.15, -0.1) is 0 Å². The molecule has 0 radical (unpaired) electrons. The highest BCUT2D eigenvalue weighted by Gasteiger charge is 2.38. The van der Waals surface area contributed by atoms with E-state index >= 15 is 0 Å². The molecule has 254 valence electrons. The summed E-state index contributed by atoms with van der Waals surface area (Å²) >= 11 is 0. The van der Waals surface area contributed by atoms with Crippen molar-refractivity contribution in [2.45, 2.75) is 88.5 Å². The molecule has 2 aliphatic rings. The fraction of sp³-hybridized carbons (Fsp3) is 0.692. The smallest absolute Gasteiger partial charge is 0.326 e. The molecule has 0 saturated carbocycles. The lowest BCUT2D eigenvalue weighted by molar-refractivity contribution is -0.148. The van der Waals surface area contributed by atoms with Crippen molar-refractivity contribution >= 4 is 47.4 Å². The Morgan fingerprint density at radius 1 is 0.911 bits per heavy atom. The molecule has 2 rings (SSSR count). The monoisotopic (exact) mass is 643 g/mol. The van der Waals surface area contributed by atoms with Crippen LogP contribution in [0, 0.1) is 0 Å². The van der Waals surface area contributed by atoms with Crippen molar-refractivity contribution in [1.82, 2.24) is 26.2 Å². The Kier molecular flexibility index (Phi) is 16.9. The molecular formula is C26H45N9O10. The van der Waals surface area contributed by atoms with E-state index in [1.54, 1.807) is 0 Å². The summed E-state index contributed by atoms with van der Waals surface area (Å²) in [6.45, 7) is 1.17. The number of aliphatic hydroxyl groups is 1. The number of nitrogens with two attached hydrogens (primary N) is 3. The number of piperidine rings is 1. The Morgan fingerprint density at radius 2 is 1.56 bits per heavy atom. The van der Waals surface area contributed by atoms with Gasteiger partial charge in [-0.1, -0.05) is 0 Å². The first-order chi connectivity index (χ1) is 21.2. The fourth-order valence-corrected chi connectivity index (χ4v) is 4.75. The second-order valence-electron chi connectivity index (χ2n) is 10.5. The van der Waals surface area contributed by atoms with Crippen molar-refractivity contribution < 1.29 is 48.9 Å². The minimum Gasteiger partial charge on any atom is -0.481 e. The van der Waals surface area contributed by atoms with Crippen molar-refractivity contribution in [1.29, 1.82) is 0 Å². The van der Waals surface area contributed by atoms with Crippen LogP contribution in [-0.4, -0.2) is 124 Å². The summed E-state index contributed by atoms with van der Waals surface area (Å²) in [5, 5.41) is 37.1. The van der Waals surface area contributed by atoms with Crippen LogP contribution < -0.4 is 38.5 Å². The first-order valence-electron chi connectivity index (χ1n) is 14.5. The van der Waals surface area contributed by atoms with Gasteiger partial charge >= 0.3 is 5.97 Å². The van der Waals surface area contributed by atoms with Gasteiger partial charge in [0.05, 0.1) is 19.1 Å². The summed E-state index contributed by atoms with van der Waals surface area (Å²) in [6, 6.07) is -5.72. The second-order valence-corrected chi connectivity index (χ2v) is 10.5. The van der Waals surface area contributed by atoms with Crippen LogP contribution in [0.5, 0.6) is 0 Å². The quantitative estimate of drug-likeness (QED) is 0.0459. The van der Waals surface area contributed by atoms with E-state index in [4.69, 9.17) is 27.1 Å². The Bertz CT molecular complexity index is 1090. The van der Waals surface area contributed by atoms with Crippen molar-refractivity contribution in [3.05, 3.63) is 0 Å². The molecule has 2 heterocycles. The number of aliphatic imine (C=N–C) groups is 1. The standard InChI is InChI=1S/C24H41N9O8.C2H4O2/c25-18(35)11-15(31-19(36)13-5-3-8-28-13)20(37)32-16(12-34)22(39)33-10-2-1-7-17(33)21(38)30-14(23(40)41)6-4-9-29-24(26)27;1-2(3)4/h13-17,28,34H,1-12H2,(H2,25,35)(H,30,38)(H,31,36)(H,32,37)(H,40,41)(H4,26,27,29);1H3,(H,3,4)/t13-,14-,15-,16-,17-;/m0./s1. The number of nitrogens with zero attached hydrogens (tertiary/aromatic N) is 2. The van der Waals surface area contributed by atoms with Gasteiger partial charge in [0.1, 0.15) is 24.2 Å². The molecule has 19 heteroatoms. The number of carboxylic acids is 2. The minimum atomic E-state index is -1.50. The molecule has 0 aromatic carbocycles. The van der Waals surface area contributed by atoms with E-state index in [2.05, 4.69) is 26.3 Å². The molecule has 0 unspecified atom stereocenters. The van der Waals surface area contributed by atoms with Crippen LogP contribution >= 0.6 is 0 Å². The Morgan fingerprint density at radius 3 is 2.09 bits per heavy atom. The SMILES string of the molecule is CC(=O)O.NC(=O)C[C@H](NC(=O)[C@@H]1CCCN1)C(=O)N[C@@H](CO)C(=O)N1CCCC[C@H]1C(=O)N[C@@H](CCCN=C(N)N)C(=O)O. The minimum absolute atomic E-state index is 0.0389. The number of amides is 5. The highest BCUT2D eigenvalue weighted by molar-refractivity contribution is 5.97. The van der Waals surface area contributed by atoms with E-state index in [1.807, 2.05) is 0 Å². The number of hydrogen-bond acceptors (Lipinski definition) is 10. The summed E-state index contributed by atoms with van der Waals surface area (Å²) in [6.07, 6.45) is 2.45. The summed E-state index contributed by atoms with van der Waals surface area (Å²) in [5.74, 6) is -6.00. The fourth-order valence-electron chi connectivity index (χ4n) is 4.75. The molecule has 0 bridgehead atoms. The molecular weight excluding hydrogens is 598 g/mol. The normalized spacial score (nSPS) is 19.4. The number of aliphatic carboxylic acids is 2. The number of nitrogens with one attached hydrogen (secondary N) is 4. The average molecular weight is 644 g/mol. The first-order valence-corrected chi connectivity index (χ1v) is 14.5. The molecule has 0 aromatic rings. The van der Waals surface area contributed by atoms with E-state index in [-0.39, 0.29) is 38.3 Å². The Labute approximate surface area is 259 Å². The van der Waals surface area contributed by atoms with Gasteiger partial charge in [-0.05, 0) is 51.5 Å². The van der Waals surface area contributed by atoms with Gasteiger partial charge < -0.3 is 58.7 Å². The maximum absolute atomic E-state index is 13.4. The van der Waals surface area contributed by atoms with Crippen molar-refractivity contribution in [2.24, 2.45) is 22.2 Å². The molecule has 0 aliphatic carbocycles. The number of guanidine groups is 1. The van der Waals surface area contributed by atoms with Gasteiger partial charge in [-0.3, -0.25) is 33.8 Å². The maximum Gasteiger partial charge on any atom is 0.326 e. The highest BCUT2D eigenvalue weighted by atomic mass is 16.4. The summed E-state index contributed by atoms with van der Waals surface area (Å²) < 4.78 is 0. The van der Waals surface area contributed by atoms with Crippen LogP contribution in [0.1, 0.15) is 58.3 Å². The molecule has 2 fully saturated rings. The summed E-state index contributed by atoms with van der Waals surface area (Å²) in [4.78, 5) is 89.2. The van der Waals surface area contributed by atoms with Crippen molar-refractivity contribution in [2.75, 3.05) is 26.2 Å². The molecule has 2 saturated heterocycles. The van der Waals surface area contributed by atoms with E-state index in [9.17, 15) is 39.0 Å². The van der Waals surface area contributed by atoms with Crippen molar-refractivity contribution in [3.63, 3.8) is 0 Å². The molecule has 0 aromatic heterocycles. The molecule has 5 amide bonds. The topological polar surface area (TPSA) is 322 Å². The summed E-state index contributed by atoms with van der Waals surface area (Å²) in [5.41, 5.74) is 15.8. The zero-order valence-electron chi connectivity index (χ0n) is 25.2. The number of carbonyl (C=O) groups excluding carboxylic acids is 5. The number of carbonyl (C=O) groups is 7. The molecule has 19 nitrogen and oxygen atoms in total. The van der Waals surface area contributed by atoms with Crippen LogP contribution in [0.2, 0.25) is 0 Å². The number of hydrogen-bond donors (Lipinski definition) is 10. The Hall–Kier alpha value is -4.52. The third-order valence-corrected chi connectivity index (χ3v) is 6.86. The highest BCUT2D eigenvalue weighted by Crippen LogP contribution is 2.19. The van der Waals surface area contributed by atoms with Crippen LogP contribution in [-0.2, 0) is 33.6 Å². The van der Waals surface area contributed by atoms with Crippen LogP contribution in [0.3, 0.4) is 0 Å². The van der Waals surface area contributed by atoms with Gasteiger partial charge in [-0.2, -0.15) is 0 Å². The Balaban J connectivity index is 0.00000238. The van der Waals surface area contributed by atoms with Crippen LogP contribution in [0.15, 0.2) is 4.99 Å². The van der Waals surface area contributed by atoms with Crippen LogP contribution in [0.25, 0.3) is 0 Å². The average Bonchev–Trinajstić information content (AvgIpc) is 3.51. The third kappa shape index (κ3) is 14.2. The number of rotatable bonds is 15. The molecule has 13 N–H and O–H groups in total. The van der Waals surface area contributed by atoms with Crippen LogP contribution in [0.4, 0.5) is 0 Å². The van der Waals surface area contributed by atoms with Gasteiger partial charge in [0, 0.05) is 20.0 Å². The third-order valence-electron chi connectivity index (χ3n) is 6.86. The lowest BCUT2D eigenvalue weighted by Gasteiger charge is -2.37. The zero-order valence-corrected chi connectivity index (χ0v) is 25.2. The maximum atomic E-state index is 13.4. The number of carboxylic acid groups (broad SMARTS) is 2. The number of primary amides is 1.